The maximum Gasteiger partial charge on any atom is 0.259 e. The third-order valence-electron chi connectivity index (χ3n) is 5.50. The number of likely N-dealkylation sites (tertiary alicyclic amines) is 2. The second-order valence-corrected chi connectivity index (χ2v) is 7.41. The summed E-state index contributed by atoms with van der Waals surface area (Å²) in [4.78, 5) is 29.7. The van der Waals surface area contributed by atoms with Crippen LogP contribution in [-0.4, -0.2) is 60.5 Å². The van der Waals surface area contributed by atoms with Gasteiger partial charge in [-0.2, -0.15) is 0 Å². The molecule has 2 aliphatic heterocycles. The first-order valence-corrected chi connectivity index (χ1v) is 9.35. The molecule has 0 radical (unpaired) electrons. The zero-order chi connectivity index (χ0) is 18.9. The molecular weight excluding hydrogens is 359 g/mol. The molecule has 2 amide bonds. The number of ether oxygens (including phenoxy) is 1. The van der Waals surface area contributed by atoms with E-state index in [2.05, 4.69) is 0 Å². The summed E-state index contributed by atoms with van der Waals surface area (Å²) in [5.41, 5.74) is -0.376. The van der Waals surface area contributed by atoms with E-state index < -0.39 is 17.3 Å². The van der Waals surface area contributed by atoms with E-state index in [1.54, 1.807) is 29.9 Å². The summed E-state index contributed by atoms with van der Waals surface area (Å²) in [6.07, 6.45) is 2.74. The molecule has 1 atom stereocenters. The predicted octanol–water partition coefficient (Wildman–Crippen LogP) is 3.03. The van der Waals surface area contributed by atoms with E-state index in [-0.39, 0.29) is 16.5 Å². The molecule has 2 heterocycles. The highest BCUT2D eigenvalue weighted by atomic mass is 35.5. The Morgan fingerprint density at radius 2 is 2.00 bits per heavy atom. The Hall–Kier alpha value is -1.66. The zero-order valence-electron chi connectivity index (χ0n) is 15.2. The number of carbonyl (C=O) groups excluding carboxylic acids is 2. The molecule has 2 aliphatic rings. The monoisotopic (exact) mass is 382 g/mol. The summed E-state index contributed by atoms with van der Waals surface area (Å²) in [5, 5.41) is 0.122. The average molecular weight is 383 g/mol. The van der Waals surface area contributed by atoms with Gasteiger partial charge in [-0.25, -0.2) is 4.39 Å². The molecule has 26 heavy (non-hydrogen) atoms. The number of rotatable bonds is 4. The second kappa shape index (κ2) is 7.53. The molecule has 2 saturated heterocycles. The van der Waals surface area contributed by atoms with Crippen LogP contribution in [0.3, 0.4) is 0 Å². The molecule has 0 aromatic heterocycles. The van der Waals surface area contributed by atoms with E-state index in [4.69, 9.17) is 16.3 Å². The Balaban J connectivity index is 1.94. The van der Waals surface area contributed by atoms with Crippen molar-refractivity contribution in [2.75, 3.05) is 33.4 Å². The van der Waals surface area contributed by atoms with Crippen LogP contribution < -0.4 is 0 Å². The van der Waals surface area contributed by atoms with Crippen molar-refractivity contribution in [2.24, 2.45) is 0 Å². The van der Waals surface area contributed by atoms with Crippen molar-refractivity contribution in [1.29, 1.82) is 0 Å². The van der Waals surface area contributed by atoms with Gasteiger partial charge in [0.05, 0.1) is 17.2 Å². The number of nitrogens with zero attached hydrogens (tertiary/aromatic N) is 2. The van der Waals surface area contributed by atoms with Crippen molar-refractivity contribution >= 4 is 23.4 Å². The van der Waals surface area contributed by atoms with Gasteiger partial charge in [0, 0.05) is 26.7 Å². The second-order valence-electron chi connectivity index (χ2n) is 7.03. The highest BCUT2D eigenvalue weighted by Gasteiger charge is 2.53. The molecule has 1 unspecified atom stereocenters. The Morgan fingerprint density at radius 3 is 2.69 bits per heavy atom. The van der Waals surface area contributed by atoms with Gasteiger partial charge >= 0.3 is 0 Å². The van der Waals surface area contributed by atoms with Crippen LogP contribution in [0.1, 0.15) is 41.6 Å². The predicted molar refractivity (Wildman–Crippen MR) is 96.8 cm³/mol. The Labute approximate surface area is 158 Å². The van der Waals surface area contributed by atoms with Crippen molar-refractivity contribution in [3.8, 4) is 0 Å². The van der Waals surface area contributed by atoms with Crippen LogP contribution in [0, 0.1) is 12.7 Å². The van der Waals surface area contributed by atoms with Crippen LogP contribution >= 0.6 is 11.6 Å². The standard InChI is InChI=1S/C19H24ClFN2O3/c1-13-5-6-14(21)15(16(13)20)17(24)23-10-4-8-19(23)7-3-9-22(18(19)25)11-12-26-2/h5-6H,3-4,7-12H2,1-2H3. The zero-order valence-corrected chi connectivity index (χ0v) is 15.9. The topological polar surface area (TPSA) is 49.9 Å². The first kappa shape index (κ1) is 19.1. The van der Waals surface area contributed by atoms with Crippen molar-refractivity contribution < 1.29 is 18.7 Å². The fourth-order valence-electron chi connectivity index (χ4n) is 4.12. The van der Waals surface area contributed by atoms with Crippen molar-refractivity contribution in [1.82, 2.24) is 9.80 Å². The SMILES string of the molecule is COCCN1CCCC2(CCCN2C(=O)c2c(F)ccc(C)c2Cl)C1=O. The normalized spacial score (nSPS) is 23.2. The third kappa shape index (κ3) is 3.09. The van der Waals surface area contributed by atoms with Crippen LogP contribution in [0.15, 0.2) is 12.1 Å². The highest BCUT2D eigenvalue weighted by molar-refractivity contribution is 6.34. The first-order valence-electron chi connectivity index (χ1n) is 8.97. The molecule has 2 fully saturated rings. The minimum atomic E-state index is -0.886. The number of hydrogen-bond donors (Lipinski definition) is 0. The van der Waals surface area contributed by atoms with E-state index in [0.717, 1.165) is 12.8 Å². The van der Waals surface area contributed by atoms with Crippen molar-refractivity contribution in [3.05, 3.63) is 34.1 Å². The number of piperidine rings is 1. The summed E-state index contributed by atoms with van der Waals surface area (Å²) < 4.78 is 19.5. The summed E-state index contributed by atoms with van der Waals surface area (Å²) >= 11 is 6.23. The molecule has 142 valence electrons. The van der Waals surface area contributed by atoms with Crippen LogP contribution in [0.2, 0.25) is 5.02 Å². The van der Waals surface area contributed by atoms with Crippen LogP contribution in [0.4, 0.5) is 4.39 Å². The number of carbonyl (C=O) groups is 2. The lowest BCUT2D eigenvalue weighted by Gasteiger charge is -2.44. The minimum Gasteiger partial charge on any atom is -0.383 e. The third-order valence-corrected chi connectivity index (χ3v) is 5.99. The van der Waals surface area contributed by atoms with Gasteiger partial charge < -0.3 is 14.5 Å². The number of methoxy groups -OCH3 is 1. The highest BCUT2D eigenvalue weighted by Crippen LogP contribution is 2.40. The van der Waals surface area contributed by atoms with Gasteiger partial charge in [-0.15, -0.1) is 0 Å². The fourth-order valence-corrected chi connectivity index (χ4v) is 4.36. The maximum absolute atomic E-state index is 14.4. The van der Waals surface area contributed by atoms with E-state index in [1.807, 2.05) is 0 Å². The molecule has 7 heteroatoms. The summed E-state index contributed by atoms with van der Waals surface area (Å²) in [5.74, 6) is -1.20. The number of halogens is 2. The molecule has 0 N–H and O–H groups in total. The van der Waals surface area contributed by atoms with Gasteiger partial charge in [0.1, 0.15) is 11.4 Å². The average Bonchev–Trinajstić information content (AvgIpc) is 3.04. The molecule has 1 spiro atoms. The van der Waals surface area contributed by atoms with Crippen LogP contribution in [-0.2, 0) is 9.53 Å². The lowest BCUT2D eigenvalue weighted by molar-refractivity contribution is -0.146. The van der Waals surface area contributed by atoms with E-state index in [9.17, 15) is 14.0 Å². The smallest absolute Gasteiger partial charge is 0.259 e. The largest absolute Gasteiger partial charge is 0.383 e. The Kier molecular flexibility index (Phi) is 5.53. The van der Waals surface area contributed by atoms with Gasteiger partial charge in [0.15, 0.2) is 0 Å². The summed E-state index contributed by atoms with van der Waals surface area (Å²) in [7, 11) is 1.60. The van der Waals surface area contributed by atoms with E-state index in [0.29, 0.717) is 44.6 Å². The lowest BCUT2D eigenvalue weighted by Crippen LogP contribution is -2.61. The van der Waals surface area contributed by atoms with Gasteiger partial charge in [-0.05, 0) is 44.2 Å². The van der Waals surface area contributed by atoms with Crippen molar-refractivity contribution in [3.63, 3.8) is 0 Å². The van der Waals surface area contributed by atoms with Gasteiger partial charge in [-0.1, -0.05) is 17.7 Å². The maximum atomic E-state index is 14.4. The quantitative estimate of drug-likeness (QED) is 0.804. The minimum absolute atomic E-state index is 0.0594. The molecular formula is C19H24ClFN2O3. The molecule has 5 nitrogen and oxygen atoms in total. The number of aryl methyl sites for hydroxylation is 1. The van der Waals surface area contributed by atoms with Crippen molar-refractivity contribution in [2.45, 2.75) is 38.1 Å². The molecule has 0 bridgehead atoms. The summed E-state index contributed by atoms with van der Waals surface area (Å²) in [6.45, 7) is 3.78. The van der Waals surface area contributed by atoms with E-state index >= 15 is 0 Å². The molecule has 3 rings (SSSR count). The first-order chi connectivity index (χ1) is 12.4. The number of hydrogen-bond acceptors (Lipinski definition) is 3. The summed E-state index contributed by atoms with van der Waals surface area (Å²) in [6, 6.07) is 2.80. The number of benzene rings is 1. The van der Waals surface area contributed by atoms with Gasteiger partial charge in [-0.3, -0.25) is 9.59 Å². The van der Waals surface area contributed by atoms with Gasteiger partial charge in [0.2, 0.25) is 5.91 Å². The molecule has 1 aromatic carbocycles. The molecule has 1 aromatic rings. The van der Waals surface area contributed by atoms with Crippen LogP contribution in [0.25, 0.3) is 0 Å². The van der Waals surface area contributed by atoms with Crippen LogP contribution in [0.5, 0.6) is 0 Å². The Morgan fingerprint density at radius 1 is 1.31 bits per heavy atom. The lowest BCUT2D eigenvalue weighted by atomic mass is 9.85. The number of amides is 2. The fraction of sp³-hybridized carbons (Fsp3) is 0.579. The van der Waals surface area contributed by atoms with Gasteiger partial charge in [0.25, 0.3) is 5.91 Å². The van der Waals surface area contributed by atoms with E-state index in [1.165, 1.54) is 6.07 Å². The molecule has 0 saturated carbocycles. The Bertz CT molecular complexity index is 727. The molecule has 0 aliphatic carbocycles.